The number of nitrogens with one attached hydrogen (secondary N) is 2. The van der Waals surface area contributed by atoms with Gasteiger partial charge in [0.15, 0.2) is 5.82 Å². The Morgan fingerprint density at radius 3 is 1.73 bits per heavy atom. The fourth-order valence-electron chi connectivity index (χ4n) is 5.42. The van der Waals surface area contributed by atoms with Gasteiger partial charge in [0.05, 0.1) is 17.3 Å². The van der Waals surface area contributed by atoms with Gasteiger partial charge in [-0.05, 0) is 58.0 Å². The SMILES string of the molecule is O=C(O)c1c(-c2c[nH]nn2)ccc2c1Cc1ccccc1O2.O=C(O)c1c(-c2nnn[nH]2)ccc2c1Cc1ccccc1O2.[Mo]. The summed E-state index contributed by atoms with van der Waals surface area (Å²) in [4.78, 5) is 23.5. The average molecular weight is 683 g/mol. The third kappa shape index (κ3) is 5.45. The molecule has 4 N–H and O–H groups in total. The summed E-state index contributed by atoms with van der Waals surface area (Å²) in [5.41, 5.74) is 5.04. The van der Waals surface area contributed by atoms with Crippen LogP contribution >= 0.6 is 0 Å². The van der Waals surface area contributed by atoms with Crippen LogP contribution < -0.4 is 9.47 Å². The van der Waals surface area contributed by atoms with E-state index in [1.807, 2.05) is 48.5 Å². The Hall–Kier alpha value is -5.68. The molecule has 0 spiro atoms. The quantitative estimate of drug-likeness (QED) is 0.180. The van der Waals surface area contributed by atoms with Crippen LogP contribution in [-0.2, 0) is 33.9 Å². The van der Waals surface area contributed by atoms with Gasteiger partial charge in [-0.1, -0.05) is 41.6 Å². The summed E-state index contributed by atoms with van der Waals surface area (Å²) in [5.74, 6) is 0.916. The molecule has 0 saturated heterocycles. The van der Waals surface area contributed by atoms with E-state index in [2.05, 4.69) is 36.0 Å². The van der Waals surface area contributed by atoms with Gasteiger partial charge in [-0.3, -0.25) is 5.10 Å². The Labute approximate surface area is 268 Å². The van der Waals surface area contributed by atoms with Gasteiger partial charge < -0.3 is 19.7 Å². The minimum atomic E-state index is -1.04. The van der Waals surface area contributed by atoms with Crippen molar-refractivity contribution in [3.63, 3.8) is 0 Å². The molecule has 45 heavy (non-hydrogen) atoms. The van der Waals surface area contributed by atoms with Gasteiger partial charge in [0.2, 0.25) is 0 Å². The number of carbonyl (C=O) groups is 2. The minimum absolute atomic E-state index is 0. The second-order valence-electron chi connectivity index (χ2n) is 9.92. The molecule has 13 nitrogen and oxygen atoms in total. The van der Waals surface area contributed by atoms with Gasteiger partial charge in [0.25, 0.3) is 0 Å². The van der Waals surface area contributed by atoms with Crippen molar-refractivity contribution in [2.75, 3.05) is 0 Å². The van der Waals surface area contributed by atoms with E-state index in [-0.39, 0.29) is 32.2 Å². The standard InChI is InChI=1S/C16H11N3O3.C15H10N4O3.Mo/c20-16(21)15-10(12-8-17-19-18-12)5-6-14-11(15)7-9-3-1-2-4-13(9)22-14;20-15(21)13-9(14-16-18-19-17-14)5-6-12-10(13)7-8-3-1-2-4-11(8)22-12;/h1-6,8H,7H2,(H,20,21)(H,17,18,19);1-6H,7H2,(H,20,21)(H,16,17,18,19);. The number of rotatable bonds is 4. The number of carboxylic acid groups (broad SMARTS) is 2. The zero-order valence-corrected chi connectivity index (χ0v) is 25.1. The number of hydrogen-bond acceptors (Lipinski definition) is 9. The average Bonchev–Trinajstić information content (AvgIpc) is 3.77. The normalized spacial score (nSPS) is 11.9. The number of hydrogen-bond donors (Lipinski definition) is 4. The number of fused-ring (bicyclic) bond motifs is 4. The molecule has 2 aliphatic heterocycles. The number of para-hydroxylation sites is 2. The number of benzene rings is 4. The monoisotopic (exact) mass is 685 g/mol. The second-order valence-corrected chi connectivity index (χ2v) is 9.92. The summed E-state index contributed by atoms with van der Waals surface area (Å²) >= 11 is 0. The van der Waals surface area contributed by atoms with E-state index in [9.17, 15) is 19.8 Å². The van der Waals surface area contributed by atoms with Crippen LogP contribution in [0.3, 0.4) is 0 Å². The van der Waals surface area contributed by atoms with E-state index >= 15 is 0 Å². The van der Waals surface area contributed by atoms with E-state index < -0.39 is 11.9 Å². The van der Waals surface area contributed by atoms with Crippen molar-refractivity contribution in [1.29, 1.82) is 0 Å². The van der Waals surface area contributed by atoms with Gasteiger partial charge in [-0.15, -0.1) is 10.2 Å². The number of aromatic carboxylic acids is 2. The molecule has 0 saturated carbocycles. The smallest absolute Gasteiger partial charge is 0.336 e. The fraction of sp³-hybridized carbons (Fsp3) is 0.0645. The van der Waals surface area contributed by atoms with E-state index in [0.29, 0.717) is 58.1 Å². The molecule has 14 heteroatoms. The van der Waals surface area contributed by atoms with E-state index in [0.717, 1.165) is 22.6 Å². The molecule has 4 heterocycles. The largest absolute Gasteiger partial charge is 0.478 e. The predicted molar refractivity (Wildman–Crippen MR) is 154 cm³/mol. The Morgan fingerprint density at radius 1 is 0.667 bits per heavy atom. The zero-order valence-electron chi connectivity index (χ0n) is 23.1. The van der Waals surface area contributed by atoms with Gasteiger partial charge in [0, 0.05) is 56.2 Å². The van der Waals surface area contributed by atoms with Gasteiger partial charge in [-0.25, -0.2) is 14.7 Å². The van der Waals surface area contributed by atoms with Crippen LogP contribution in [0.15, 0.2) is 79.0 Å². The van der Waals surface area contributed by atoms with Crippen molar-refractivity contribution >= 4 is 11.9 Å². The maximum Gasteiger partial charge on any atom is 0.336 e. The summed E-state index contributed by atoms with van der Waals surface area (Å²) in [6.07, 6.45) is 2.58. The van der Waals surface area contributed by atoms with Crippen LogP contribution in [0.4, 0.5) is 0 Å². The molecule has 8 rings (SSSR count). The molecule has 0 radical (unpaired) electrons. The molecular weight excluding hydrogens is 662 g/mol. The summed E-state index contributed by atoms with van der Waals surface area (Å²) in [6.45, 7) is 0. The zero-order chi connectivity index (χ0) is 30.2. The van der Waals surface area contributed by atoms with Crippen molar-refractivity contribution < 1.29 is 50.3 Å². The first-order chi connectivity index (χ1) is 21.5. The topological polar surface area (TPSA) is 189 Å². The predicted octanol–water partition coefficient (Wildman–Crippen LogP) is 5.13. The van der Waals surface area contributed by atoms with Crippen molar-refractivity contribution in [1.82, 2.24) is 36.0 Å². The maximum atomic E-state index is 11.8. The summed E-state index contributed by atoms with van der Waals surface area (Å²) in [5, 5.41) is 42.9. The van der Waals surface area contributed by atoms with Crippen LogP contribution in [-0.4, -0.2) is 58.2 Å². The minimum Gasteiger partial charge on any atom is -0.478 e. The molecule has 2 aliphatic rings. The number of aromatic amines is 2. The van der Waals surface area contributed by atoms with Gasteiger partial charge in [0.1, 0.15) is 28.7 Å². The number of H-pyrrole nitrogens is 2. The number of nitrogens with zero attached hydrogens (tertiary/aromatic N) is 5. The van der Waals surface area contributed by atoms with Gasteiger partial charge >= 0.3 is 11.9 Å². The maximum absolute atomic E-state index is 11.8. The molecule has 0 aliphatic carbocycles. The van der Waals surface area contributed by atoms with E-state index in [1.165, 1.54) is 0 Å². The number of carboxylic acids is 2. The van der Waals surface area contributed by atoms with Crippen LogP contribution in [0.2, 0.25) is 0 Å². The summed E-state index contributed by atoms with van der Waals surface area (Å²) in [7, 11) is 0. The van der Waals surface area contributed by atoms with Crippen molar-refractivity contribution in [3.05, 3.63) is 112 Å². The molecule has 4 aromatic carbocycles. The Morgan fingerprint density at radius 2 is 1.22 bits per heavy atom. The first-order valence-corrected chi connectivity index (χ1v) is 13.4. The van der Waals surface area contributed by atoms with Gasteiger partial charge in [-0.2, -0.15) is 0 Å². The molecular formula is C31H21MoN7O6. The summed E-state index contributed by atoms with van der Waals surface area (Å²) in [6, 6.07) is 22.1. The van der Waals surface area contributed by atoms with Crippen LogP contribution in [0.1, 0.15) is 43.0 Å². The number of aromatic nitrogens is 7. The first kappa shape index (κ1) is 29.4. The Kier molecular flexibility index (Phi) is 7.93. The Balaban J connectivity index is 0.000000155. The van der Waals surface area contributed by atoms with E-state index in [4.69, 9.17) is 9.47 Å². The molecule has 0 fully saturated rings. The van der Waals surface area contributed by atoms with Crippen LogP contribution in [0, 0.1) is 0 Å². The number of tetrazole rings is 1. The second kappa shape index (κ2) is 12.1. The van der Waals surface area contributed by atoms with Crippen LogP contribution in [0.5, 0.6) is 23.0 Å². The number of ether oxygens (including phenoxy) is 2. The molecule has 2 aromatic heterocycles. The molecule has 0 bridgehead atoms. The molecule has 6 aromatic rings. The third-order valence-corrected chi connectivity index (χ3v) is 7.38. The summed E-state index contributed by atoms with van der Waals surface area (Å²) < 4.78 is 11.6. The van der Waals surface area contributed by atoms with Crippen molar-refractivity contribution in [2.24, 2.45) is 0 Å². The molecule has 0 atom stereocenters. The fourth-order valence-corrected chi connectivity index (χ4v) is 5.42. The van der Waals surface area contributed by atoms with E-state index in [1.54, 1.807) is 30.5 Å². The van der Waals surface area contributed by atoms with Crippen molar-refractivity contribution in [2.45, 2.75) is 12.8 Å². The molecule has 0 amide bonds. The van der Waals surface area contributed by atoms with Crippen LogP contribution in [0.25, 0.3) is 22.6 Å². The first-order valence-electron chi connectivity index (χ1n) is 13.4. The third-order valence-electron chi connectivity index (χ3n) is 7.38. The molecule has 0 unspecified atom stereocenters. The van der Waals surface area contributed by atoms with Crippen molar-refractivity contribution in [3.8, 4) is 45.6 Å². The molecule has 222 valence electrons. The Bertz CT molecular complexity index is 1900.